The van der Waals surface area contributed by atoms with Crippen molar-refractivity contribution in [2.75, 3.05) is 11.9 Å². The van der Waals surface area contributed by atoms with Crippen LogP contribution in [0.4, 0.5) is 0 Å². The lowest BCUT2D eigenvalue weighted by Gasteiger charge is -2.37. The summed E-state index contributed by atoms with van der Waals surface area (Å²) in [5, 5.41) is 0.875. The summed E-state index contributed by atoms with van der Waals surface area (Å²) in [6.07, 6.45) is 5.13. The van der Waals surface area contributed by atoms with Crippen LogP contribution in [0, 0.1) is 6.92 Å². The van der Waals surface area contributed by atoms with Crippen molar-refractivity contribution in [3.8, 4) is 0 Å². The summed E-state index contributed by atoms with van der Waals surface area (Å²) < 4.78 is 0. The Bertz CT molecular complexity index is 429. The summed E-state index contributed by atoms with van der Waals surface area (Å²) in [7, 11) is 0. The Morgan fingerprint density at radius 1 is 1.37 bits per heavy atom. The number of benzene rings is 1. The fraction of sp³-hybridized carbons (Fsp3) is 0.562. The SMILES string of the molecule is Cc1ccccc1CCC(=O)N(CCBr)C1CCC1. The number of hydrogen-bond acceptors (Lipinski definition) is 1. The second-order valence-corrected chi connectivity index (χ2v) is 6.08. The first-order valence-corrected chi connectivity index (χ1v) is 8.24. The van der Waals surface area contributed by atoms with E-state index in [4.69, 9.17) is 0 Å². The van der Waals surface area contributed by atoms with E-state index >= 15 is 0 Å². The molecule has 1 aromatic rings. The van der Waals surface area contributed by atoms with Crippen molar-refractivity contribution in [3.63, 3.8) is 0 Å². The maximum absolute atomic E-state index is 12.4. The number of carbonyl (C=O) groups excluding carboxylic acids is 1. The lowest BCUT2D eigenvalue weighted by Crippen LogP contribution is -2.45. The van der Waals surface area contributed by atoms with Crippen LogP contribution in [0.1, 0.15) is 36.8 Å². The third kappa shape index (κ3) is 3.82. The second-order valence-electron chi connectivity index (χ2n) is 5.29. The summed E-state index contributed by atoms with van der Waals surface area (Å²) >= 11 is 3.45. The minimum Gasteiger partial charge on any atom is -0.339 e. The van der Waals surface area contributed by atoms with Crippen molar-refractivity contribution < 1.29 is 4.79 Å². The summed E-state index contributed by atoms with van der Waals surface area (Å²) in [5.41, 5.74) is 2.58. The molecule has 1 aromatic carbocycles. The molecule has 3 heteroatoms. The Labute approximate surface area is 124 Å². The molecule has 0 atom stereocenters. The molecule has 0 aromatic heterocycles. The quantitative estimate of drug-likeness (QED) is 0.731. The van der Waals surface area contributed by atoms with Crippen LogP contribution >= 0.6 is 15.9 Å². The van der Waals surface area contributed by atoms with Gasteiger partial charge in [0.15, 0.2) is 0 Å². The molecule has 0 saturated heterocycles. The van der Waals surface area contributed by atoms with E-state index in [1.165, 1.54) is 30.4 Å². The van der Waals surface area contributed by atoms with Gasteiger partial charge in [-0.2, -0.15) is 0 Å². The molecule has 0 aliphatic heterocycles. The Hall–Kier alpha value is -0.830. The van der Waals surface area contributed by atoms with E-state index < -0.39 is 0 Å². The highest BCUT2D eigenvalue weighted by atomic mass is 79.9. The first-order chi connectivity index (χ1) is 9.22. The Morgan fingerprint density at radius 3 is 2.68 bits per heavy atom. The van der Waals surface area contributed by atoms with Gasteiger partial charge in [-0.3, -0.25) is 4.79 Å². The molecule has 0 spiro atoms. The van der Waals surface area contributed by atoms with Crippen LogP contribution in [0.3, 0.4) is 0 Å². The molecule has 1 aliphatic carbocycles. The number of amides is 1. The van der Waals surface area contributed by atoms with Crippen LogP contribution in [-0.4, -0.2) is 28.7 Å². The normalized spacial score (nSPS) is 15.1. The zero-order valence-electron chi connectivity index (χ0n) is 11.6. The van der Waals surface area contributed by atoms with Gasteiger partial charge in [-0.25, -0.2) is 0 Å². The molecule has 2 rings (SSSR count). The van der Waals surface area contributed by atoms with Gasteiger partial charge in [-0.1, -0.05) is 40.2 Å². The van der Waals surface area contributed by atoms with Crippen LogP contribution in [0.2, 0.25) is 0 Å². The van der Waals surface area contributed by atoms with Gasteiger partial charge < -0.3 is 4.90 Å². The Morgan fingerprint density at radius 2 is 2.11 bits per heavy atom. The molecular weight excluding hydrogens is 302 g/mol. The molecule has 1 aliphatic rings. The number of alkyl halides is 1. The van der Waals surface area contributed by atoms with Crippen molar-refractivity contribution in [3.05, 3.63) is 35.4 Å². The molecule has 2 nitrogen and oxygen atoms in total. The predicted molar refractivity (Wildman–Crippen MR) is 82.6 cm³/mol. The van der Waals surface area contributed by atoms with Crippen molar-refractivity contribution in [1.29, 1.82) is 0 Å². The highest BCUT2D eigenvalue weighted by Crippen LogP contribution is 2.25. The van der Waals surface area contributed by atoms with E-state index in [2.05, 4.69) is 46.0 Å². The van der Waals surface area contributed by atoms with E-state index in [1.54, 1.807) is 0 Å². The predicted octanol–water partition coefficient (Wildman–Crippen LogP) is 3.70. The van der Waals surface area contributed by atoms with Gasteiger partial charge in [0.1, 0.15) is 0 Å². The minimum atomic E-state index is 0.312. The summed E-state index contributed by atoms with van der Waals surface area (Å²) in [4.78, 5) is 14.4. The monoisotopic (exact) mass is 323 g/mol. The van der Waals surface area contributed by atoms with E-state index in [9.17, 15) is 4.79 Å². The minimum absolute atomic E-state index is 0.312. The van der Waals surface area contributed by atoms with Gasteiger partial charge in [0.2, 0.25) is 5.91 Å². The fourth-order valence-corrected chi connectivity index (χ4v) is 2.96. The highest BCUT2D eigenvalue weighted by molar-refractivity contribution is 9.09. The summed E-state index contributed by atoms with van der Waals surface area (Å²) in [6.45, 7) is 2.96. The molecular formula is C16H22BrNO. The number of nitrogens with zero attached hydrogens (tertiary/aromatic N) is 1. The summed E-state index contributed by atoms with van der Waals surface area (Å²) in [5.74, 6) is 0.312. The first kappa shape index (κ1) is 14.6. The third-order valence-corrected chi connectivity index (χ3v) is 4.39. The number of halogens is 1. The van der Waals surface area contributed by atoms with Gasteiger partial charge in [-0.15, -0.1) is 0 Å². The molecule has 1 saturated carbocycles. The van der Waals surface area contributed by atoms with Crippen LogP contribution in [0.15, 0.2) is 24.3 Å². The molecule has 1 amide bonds. The van der Waals surface area contributed by atoms with Gasteiger partial charge in [0, 0.05) is 24.3 Å². The van der Waals surface area contributed by atoms with E-state index in [1.807, 2.05) is 6.07 Å². The second kappa shape index (κ2) is 7.09. The van der Waals surface area contributed by atoms with E-state index in [0.29, 0.717) is 18.4 Å². The first-order valence-electron chi connectivity index (χ1n) is 7.12. The molecule has 1 fully saturated rings. The van der Waals surface area contributed by atoms with Gasteiger partial charge in [0.25, 0.3) is 0 Å². The average molecular weight is 324 g/mol. The van der Waals surface area contributed by atoms with Crippen LogP contribution in [-0.2, 0) is 11.2 Å². The zero-order chi connectivity index (χ0) is 13.7. The maximum Gasteiger partial charge on any atom is 0.223 e. The number of carbonyl (C=O) groups is 1. The third-order valence-electron chi connectivity index (χ3n) is 4.03. The van der Waals surface area contributed by atoms with Crippen molar-refractivity contribution >= 4 is 21.8 Å². The van der Waals surface area contributed by atoms with E-state index in [0.717, 1.165) is 18.3 Å². The standard InChI is InChI=1S/C16H22BrNO/c1-13-5-2-3-6-14(13)9-10-16(19)18(12-11-17)15-7-4-8-15/h2-3,5-6,15H,4,7-12H2,1H3. The smallest absolute Gasteiger partial charge is 0.223 e. The van der Waals surface area contributed by atoms with Crippen LogP contribution in [0.5, 0.6) is 0 Å². The van der Waals surface area contributed by atoms with Gasteiger partial charge in [-0.05, 0) is 43.7 Å². The molecule has 0 heterocycles. The topological polar surface area (TPSA) is 20.3 Å². The number of rotatable bonds is 6. The maximum atomic E-state index is 12.4. The fourth-order valence-electron chi connectivity index (χ4n) is 2.58. The van der Waals surface area contributed by atoms with Gasteiger partial charge >= 0.3 is 0 Å². The number of hydrogen-bond donors (Lipinski definition) is 0. The Kier molecular flexibility index (Phi) is 5.44. The molecule has 104 valence electrons. The highest BCUT2D eigenvalue weighted by Gasteiger charge is 2.27. The van der Waals surface area contributed by atoms with Crippen LogP contribution in [0.25, 0.3) is 0 Å². The molecule has 0 radical (unpaired) electrons. The van der Waals surface area contributed by atoms with Gasteiger partial charge in [0.05, 0.1) is 0 Å². The lowest BCUT2D eigenvalue weighted by molar-refractivity contribution is -0.134. The number of aryl methyl sites for hydroxylation is 2. The van der Waals surface area contributed by atoms with Crippen molar-refractivity contribution in [2.45, 2.75) is 45.1 Å². The van der Waals surface area contributed by atoms with Crippen molar-refractivity contribution in [1.82, 2.24) is 4.90 Å². The molecule has 0 N–H and O–H groups in total. The average Bonchev–Trinajstić information content (AvgIpc) is 2.35. The summed E-state index contributed by atoms with van der Waals surface area (Å²) in [6, 6.07) is 8.84. The Balaban J connectivity index is 1.90. The van der Waals surface area contributed by atoms with Crippen molar-refractivity contribution in [2.24, 2.45) is 0 Å². The molecule has 0 bridgehead atoms. The zero-order valence-corrected chi connectivity index (χ0v) is 13.2. The van der Waals surface area contributed by atoms with E-state index in [-0.39, 0.29) is 0 Å². The molecule has 19 heavy (non-hydrogen) atoms. The molecule has 0 unspecified atom stereocenters. The largest absolute Gasteiger partial charge is 0.339 e. The van der Waals surface area contributed by atoms with Crippen LogP contribution < -0.4 is 0 Å². The lowest BCUT2D eigenvalue weighted by atomic mass is 9.91.